The van der Waals surface area contributed by atoms with Crippen molar-refractivity contribution in [3.63, 3.8) is 0 Å². The minimum atomic E-state index is -3.75. The maximum Gasteiger partial charge on any atom is 0.306 e. The van der Waals surface area contributed by atoms with E-state index in [1.165, 1.54) is 13.8 Å². The molecule has 1 aromatic heterocycles. The monoisotopic (exact) mass is 294 g/mol. The molecule has 1 rings (SSSR count). The quantitative estimate of drug-likeness (QED) is 0.689. The molecule has 0 spiro atoms. The third kappa shape index (κ3) is 3.65. The topological polar surface area (TPSA) is 116 Å². The molecule has 0 saturated heterocycles. The largest absolute Gasteiger partial charge is 0.481 e. The minimum absolute atomic E-state index is 0.0152. The summed E-state index contributed by atoms with van der Waals surface area (Å²) in [6, 6.07) is 0. The zero-order chi connectivity index (χ0) is 13.9. The van der Waals surface area contributed by atoms with Crippen LogP contribution in [0.15, 0.2) is 9.00 Å². The summed E-state index contributed by atoms with van der Waals surface area (Å²) in [4.78, 5) is 23.5. The number of nitrogens with one attached hydrogen (secondary N) is 2. The van der Waals surface area contributed by atoms with Gasteiger partial charge in [-0.1, -0.05) is 18.3 Å². The number of aromatic nitrogens is 1. The molecule has 3 N–H and O–H groups in total. The van der Waals surface area contributed by atoms with Crippen LogP contribution >= 0.6 is 11.3 Å². The Morgan fingerprint density at radius 2 is 2.17 bits per heavy atom. The molecule has 1 atom stereocenters. The van der Waals surface area contributed by atoms with Crippen molar-refractivity contribution in [3.05, 3.63) is 15.4 Å². The Hall–Kier alpha value is -1.19. The van der Waals surface area contributed by atoms with Gasteiger partial charge in [-0.15, -0.1) is 0 Å². The Labute approximate surface area is 108 Å². The molecule has 18 heavy (non-hydrogen) atoms. The molecule has 0 aliphatic carbocycles. The Morgan fingerprint density at radius 3 is 2.61 bits per heavy atom. The molecule has 0 aliphatic heterocycles. The van der Waals surface area contributed by atoms with Crippen molar-refractivity contribution in [2.45, 2.75) is 24.5 Å². The summed E-state index contributed by atoms with van der Waals surface area (Å²) in [7, 11) is -3.75. The van der Waals surface area contributed by atoms with Crippen LogP contribution in [0.5, 0.6) is 0 Å². The van der Waals surface area contributed by atoms with E-state index in [0.29, 0.717) is 11.3 Å². The average molecular weight is 294 g/mol. The number of H-pyrrole nitrogens is 1. The van der Waals surface area contributed by atoms with Gasteiger partial charge >= 0.3 is 10.8 Å². The molecular weight excluding hydrogens is 280 g/mol. The number of sulfonamides is 1. The number of carboxylic acids is 1. The van der Waals surface area contributed by atoms with Crippen LogP contribution in [0.4, 0.5) is 0 Å². The van der Waals surface area contributed by atoms with Crippen LogP contribution in [0.1, 0.15) is 19.0 Å². The summed E-state index contributed by atoms with van der Waals surface area (Å²) in [6.45, 7) is 3.00. The summed E-state index contributed by atoms with van der Waals surface area (Å²) in [5, 5.41) is 8.65. The molecule has 0 radical (unpaired) electrons. The van der Waals surface area contributed by atoms with Gasteiger partial charge in [0.2, 0.25) is 0 Å². The molecule has 0 fully saturated rings. The molecule has 1 unspecified atom stereocenters. The van der Waals surface area contributed by atoms with E-state index in [-0.39, 0.29) is 22.9 Å². The number of rotatable bonds is 6. The van der Waals surface area contributed by atoms with Crippen molar-refractivity contribution < 1.29 is 18.3 Å². The highest BCUT2D eigenvalue weighted by atomic mass is 32.2. The summed E-state index contributed by atoms with van der Waals surface area (Å²) in [5.41, 5.74) is 0.281. The van der Waals surface area contributed by atoms with Gasteiger partial charge in [0.15, 0.2) is 4.21 Å². The van der Waals surface area contributed by atoms with E-state index in [2.05, 4.69) is 9.71 Å². The number of aromatic amines is 1. The minimum Gasteiger partial charge on any atom is -0.481 e. The van der Waals surface area contributed by atoms with E-state index in [1.807, 2.05) is 0 Å². The maximum atomic E-state index is 11.8. The highest BCUT2D eigenvalue weighted by molar-refractivity contribution is 7.91. The molecule has 1 aromatic rings. The van der Waals surface area contributed by atoms with E-state index >= 15 is 0 Å². The van der Waals surface area contributed by atoms with E-state index in [4.69, 9.17) is 5.11 Å². The first-order valence-electron chi connectivity index (χ1n) is 5.16. The highest BCUT2D eigenvalue weighted by Crippen LogP contribution is 2.15. The lowest BCUT2D eigenvalue weighted by Gasteiger charge is -2.07. The van der Waals surface area contributed by atoms with Gasteiger partial charge in [0.05, 0.1) is 5.92 Å². The van der Waals surface area contributed by atoms with Crippen LogP contribution in [0.2, 0.25) is 0 Å². The van der Waals surface area contributed by atoms with Crippen LogP contribution < -0.4 is 9.60 Å². The molecule has 0 aliphatic rings. The van der Waals surface area contributed by atoms with Crippen LogP contribution in [-0.4, -0.2) is 31.0 Å². The van der Waals surface area contributed by atoms with Gasteiger partial charge in [0.25, 0.3) is 10.0 Å². The van der Waals surface area contributed by atoms with E-state index in [0.717, 1.165) is 0 Å². The third-order valence-electron chi connectivity index (χ3n) is 2.32. The fourth-order valence-corrected chi connectivity index (χ4v) is 3.64. The second-order valence-electron chi connectivity index (χ2n) is 3.85. The molecule has 0 aromatic carbocycles. The van der Waals surface area contributed by atoms with E-state index < -0.39 is 26.8 Å². The SMILES string of the molecule is Cc1[nH]c(=O)sc1S(=O)(=O)NCCC(C)C(=O)O. The predicted molar refractivity (Wildman–Crippen MR) is 66.3 cm³/mol. The van der Waals surface area contributed by atoms with Gasteiger partial charge in [-0.25, -0.2) is 13.1 Å². The Kier molecular flexibility index (Phi) is 4.65. The maximum absolute atomic E-state index is 11.8. The van der Waals surface area contributed by atoms with E-state index in [1.54, 1.807) is 0 Å². The fraction of sp³-hybridized carbons (Fsp3) is 0.556. The number of aryl methyl sites for hydroxylation is 1. The number of carbonyl (C=O) groups is 1. The van der Waals surface area contributed by atoms with Crippen LogP contribution in [-0.2, 0) is 14.8 Å². The lowest BCUT2D eigenvalue weighted by Crippen LogP contribution is -2.27. The zero-order valence-electron chi connectivity index (χ0n) is 9.89. The van der Waals surface area contributed by atoms with Gasteiger partial charge in [-0.2, -0.15) is 0 Å². The smallest absolute Gasteiger partial charge is 0.306 e. The molecule has 0 bridgehead atoms. The Morgan fingerprint density at radius 1 is 1.56 bits per heavy atom. The number of hydrogen-bond donors (Lipinski definition) is 3. The number of thiazole rings is 1. The van der Waals surface area contributed by atoms with E-state index in [9.17, 15) is 18.0 Å². The molecule has 0 amide bonds. The second-order valence-corrected chi connectivity index (χ2v) is 6.80. The standard InChI is InChI=1S/C9H14N2O5S2/c1-5(7(12)13)3-4-10-18(15,16)8-6(2)11-9(14)17-8/h5,10H,3-4H2,1-2H3,(H,11,14)(H,12,13). The first-order chi connectivity index (χ1) is 8.24. The van der Waals surface area contributed by atoms with Gasteiger partial charge in [0.1, 0.15) is 0 Å². The van der Waals surface area contributed by atoms with Crippen molar-refractivity contribution in [3.8, 4) is 0 Å². The molecule has 9 heteroatoms. The van der Waals surface area contributed by atoms with Crippen LogP contribution in [0, 0.1) is 12.8 Å². The summed E-state index contributed by atoms with van der Waals surface area (Å²) < 4.78 is 25.8. The van der Waals surface area contributed by atoms with Gasteiger partial charge in [0, 0.05) is 12.2 Å². The number of hydrogen-bond acceptors (Lipinski definition) is 5. The second kappa shape index (κ2) is 5.63. The van der Waals surface area contributed by atoms with Gasteiger partial charge in [-0.05, 0) is 13.3 Å². The van der Waals surface area contributed by atoms with Gasteiger partial charge < -0.3 is 10.1 Å². The number of aliphatic carboxylic acids is 1. The van der Waals surface area contributed by atoms with Crippen LogP contribution in [0.3, 0.4) is 0 Å². The van der Waals surface area contributed by atoms with Crippen molar-refractivity contribution in [1.82, 2.24) is 9.71 Å². The third-order valence-corrected chi connectivity index (χ3v) is 5.38. The van der Waals surface area contributed by atoms with Crippen molar-refractivity contribution in [2.75, 3.05) is 6.54 Å². The zero-order valence-corrected chi connectivity index (χ0v) is 11.5. The molecule has 102 valence electrons. The van der Waals surface area contributed by atoms with Crippen molar-refractivity contribution in [1.29, 1.82) is 0 Å². The summed E-state index contributed by atoms with van der Waals surface area (Å²) in [6.07, 6.45) is 0.187. The Bertz CT molecular complexity index is 586. The lowest BCUT2D eigenvalue weighted by atomic mass is 10.1. The number of carboxylic acid groups (broad SMARTS) is 1. The molecule has 1 heterocycles. The molecule has 0 saturated carbocycles. The highest BCUT2D eigenvalue weighted by Gasteiger charge is 2.20. The first-order valence-corrected chi connectivity index (χ1v) is 7.46. The Balaban J connectivity index is 2.69. The van der Waals surface area contributed by atoms with Crippen LogP contribution in [0.25, 0.3) is 0 Å². The first kappa shape index (κ1) is 14.9. The fourth-order valence-electron chi connectivity index (χ4n) is 1.25. The van der Waals surface area contributed by atoms with Crippen molar-refractivity contribution in [2.24, 2.45) is 5.92 Å². The average Bonchev–Trinajstić information content (AvgIpc) is 2.58. The van der Waals surface area contributed by atoms with Gasteiger partial charge in [-0.3, -0.25) is 9.59 Å². The molecule has 7 nitrogen and oxygen atoms in total. The van der Waals surface area contributed by atoms with Crippen molar-refractivity contribution >= 4 is 27.3 Å². The predicted octanol–water partition coefficient (Wildman–Crippen LogP) is 0.134. The summed E-state index contributed by atoms with van der Waals surface area (Å²) in [5.74, 6) is -1.60. The lowest BCUT2D eigenvalue weighted by molar-refractivity contribution is -0.141. The molecular formula is C9H14N2O5S2. The normalized spacial score (nSPS) is 13.4. The summed E-state index contributed by atoms with van der Waals surface area (Å²) >= 11 is 0.609.